The average molecular weight is 314 g/mol. The SMILES string of the molecule is COC(=O)C(c1ccccc1)N1C(=O)CNc2cc(F)ccc21. The number of carbonyl (C=O) groups excluding carboxylic acids is 2. The van der Waals surface area contributed by atoms with Crippen LogP contribution in [0.5, 0.6) is 0 Å². The molecule has 6 heteroatoms. The Morgan fingerprint density at radius 1 is 1.26 bits per heavy atom. The first kappa shape index (κ1) is 15.0. The van der Waals surface area contributed by atoms with E-state index in [2.05, 4.69) is 5.32 Å². The third kappa shape index (κ3) is 2.75. The molecule has 0 radical (unpaired) electrons. The number of carbonyl (C=O) groups is 2. The highest BCUT2D eigenvalue weighted by Gasteiger charge is 2.36. The second-order valence-electron chi connectivity index (χ2n) is 5.12. The number of benzene rings is 2. The van der Waals surface area contributed by atoms with Crippen molar-refractivity contribution in [2.45, 2.75) is 6.04 Å². The van der Waals surface area contributed by atoms with E-state index in [4.69, 9.17) is 4.74 Å². The summed E-state index contributed by atoms with van der Waals surface area (Å²) in [4.78, 5) is 26.1. The molecule has 1 amide bonds. The second-order valence-corrected chi connectivity index (χ2v) is 5.12. The number of hydrogen-bond acceptors (Lipinski definition) is 4. The summed E-state index contributed by atoms with van der Waals surface area (Å²) >= 11 is 0. The van der Waals surface area contributed by atoms with Crippen molar-refractivity contribution in [3.63, 3.8) is 0 Å². The highest BCUT2D eigenvalue weighted by molar-refractivity contribution is 6.06. The first-order chi connectivity index (χ1) is 11.1. The van der Waals surface area contributed by atoms with E-state index in [9.17, 15) is 14.0 Å². The highest BCUT2D eigenvalue weighted by Crippen LogP contribution is 2.36. The van der Waals surface area contributed by atoms with Crippen LogP contribution in [-0.4, -0.2) is 25.5 Å². The molecule has 2 aromatic rings. The van der Waals surface area contributed by atoms with Crippen molar-refractivity contribution in [3.05, 3.63) is 59.9 Å². The van der Waals surface area contributed by atoms with Gasteiger partial charge in [-0.2, -0.15) is 0 Å². The van der Waals surface area contributed by atoms with Crippen molar-refractivity contribution in [2.24, 2.45) is 0 Å². The fourth-order valence-electron chi connectivity index (χ4n) is 2.67. The van der Waals surface area contributed by atoms with Crippen LogP contribution in [0.25, 0.3) is 0 Å². The van der Waals surface area contributed by atoms with Crippen molar-refractivity contribution >= 4 is 23.3 Å². The maximum atomic E-state index is 13.4. The van der Waals surface area contributed by atoms with Crippen LogP contribution < -0.4 is 10.2 Å². The Kier molecular flexibility index (Phi) is 3.97. The molecule has 1 aliphatic heterocycles. The number of methoxy groups -OCH3 is 1. The maximum absolute atomic E-state index is 13.4. The Hall–Kier alpha value is -2.89. The normalized spacial score (nSPS) is 14.7. The number of anilines is 2. The lowest BCUT2D eigenvalue weighted by Crippen LogP contribution is -2.45. The zero-order valence-corrected chi connectivity index (χ0v) is 12.5. The Balaban J connectivity index is 2.13. The summed E-state index contributed by atoms with van der Waals surface area (Å²) in [5.74, 6) is -1.26. The van der Waals surface area contributed by atoms with Gasteiger partial charge in [-0.1, -0.05) is 30.3 Å². The van der Waals surface area contributed by atoms with Gasteiger partial charge in [0.25, 0.3) is 0 Å². The van der Waals surface area contributed by atoms with E-state index in [1.165, 1.54) is 30.2 Å². The molecule has 0 aromatic heterocycles. The molecular weight excluding hydrogens is 299 g/mol. The smallest absolute Gasteiger partial charge is 0.333 e. The fraction of sp³-hybridized carbons (Fsp3) is 0.176. The lowest BCUT2D eigenvalue weighted by atomic mass is 10.0. The monoisotopic (exact) mass is 314 g/mol. The van der Waals surface area contributed by atoms with Crippen molar-refractivity contribution in [1.82, 2.24) is 0 Å². The number of nitrogens with zero attached hydrogens (tertiary/aromatic N) is 1. The molecule has 0 aliphatic carbocycles. The summed E-state index contributed by atoms with van der Waals surface area (Å²) in [6.07, 6.45) is 0. The molecule has 3 rings (SSSR count). The number of esters is 1. The van der Waals surface area contributed by atoms with E-state index in [0.717, 1.165) is 0 Å². The molecule has 0 spiro atoms. The number of fused-ring (bicyclic) bond motifs is 1. The largest absolute Gasteiger partial charge is 0.467 e. The van der Waals surface area contributed by atoms with Gasteiger partial charge in [0, 0.05) is 0 Å². The van der Waals surface area contributed by atoms with Crippen molar-refractivity contribution < 1.29 is 18.7 Å². The molecule has 0 bridgehead atoms. The van der Waals surface area contributed by atoms with Crippen LogP contribution >= 0.6 is 0 Å². The topological polar surface area (TPSA) is 58.6 Å². The third-order valence-electron chi connectivity index (χ3n) is 3.71. The van der Waals surface area contributed by atoms with Crippen LogP contribution in [-0.2, 0) is 14.3 Å². The van der Waals surface area contributed by atoms with Gasteiger partial charge < -0.3 is 10.1 Å². The van der Waals surface area contributed by atoms with Crippen LogP contribution in [0.15, 0.2) is 48.5 Å². The summed E-state index contributed by atoms with van der Waals surface area (Å²) in [6.45, 7) is -0.0171. The van der Waals surface area contributed by atoms with Gasteiger partial charge in [0.1, 0.15) is 5.82 Å². The number of nitrogens with one attached hydrogen (secondary N) is 1. The summed E-state index contributed by atoms with van der Waals surface area (Å²) in [7, 11) is 1.27. The van der Waals surface area contributed by atoms with Crippen LogP contribution in [0.2, 0.25) is 0 Å². The molecule has 0 saturated heterocycles. The van der Waals surface area contributed by atoms with Gasteiger partial charge in [0.2, 0.25) is 5.91 Å². The van der Waals surface area contributed by atoms with E-state index in [-0.39, 0.29) is 12.5 Å². The van der Waals surface area contributed by atoms with E-state index in [1.807, 2.05) is 6.07 Å². The summed E-state index contributed by atoms with van der Waals surface area (Å²) < 4.78 is 18.3. The van der Waals surface area contributed by atoms with Crippen molar-refractivity contribution in [2.75, 3.05) is 23.9 Å². The predicted molar refractivity (Wildman–Crippen MR) is 83.6 cm³/mol. The lowest BCUT2D eigenvalue weighted by molar-refractivity contribution is -0.143. The predicted octanol–water partition coefficient (Wildman–Crippen LogP) is 2.50. The van der Waals surface area contributed by atoms with Gasteiger partial charge >= 0.3 is 5.97 Å². The first-order valence-corrected chi connectivity index (χ1v) is 7.10. The Labute approximate surface area is 132 Å². The van der Waals surface area contributed by atoms with E-state index in [0.29, 0.717) is 16.9 Å². The minimum atomic E-state index is -0.917. The number of ether oxygens (including phenoxy) is 1. The Bertz CT molecular complexity index is 749. The lowest BCUT2D eigenvalue weighted by Gasteiger charge is -2.35. The average Bonchev–Trinajstić information content (AvgIpc) is 2.58. The molecule has 0 fully saturated rings. The van der Waals surface area contributed by atoms with E-state index < -0.39 is 17.8 Å². The minimum absolute atomic E-state index is 0.0171. The molecule has 2 aromatic carbocycles. The molecule has 23 heavy (non-hydrogen) atoms. The zero-order chi connectivity index (χ0) is 16.4. The van der Waals surface area contributed by atoms with E-state index >= 15 is 0 Å². The van der Waals surface area contributed by atoms with Crippen molar-refractivity contribution in [3.8, 4) is 0 Å². The molecular formula is C17H15FN2O3. The molecule has 118 valence electrons. The van der Waals surface area contributed by atoms with Gasteiger partial charge in [-0.3, -0.25) is 9.69 Å². The summed E-state index contributed by atoms with van der Waals surface area (Å²) in [5.41, 5.74) is 1.54. The molecule has 5 nitrogen and oxygen atoms in total. The fourth-order valence-corrected chi connectivity index (χ4v) is 2.67. The third-order valence-corrected chi connectivity index (χ3v) is 3.71. The molecule has 1 N–H and O–H groups in total. The number of rotatable bonds is 3. The van der Waals surface area contributed by atoms with Crippen LogP contribution in [0.4, 0.5) is 15.8 Å². The summed E-state index contributed by atoms with van der Waals surface area (Å²) in [5, 5.41) is 2.86. The van der Waals surface area contributed by atoms with Gasteiger partial charge in [-0.15, -0.1) is 0 Å². The molecule has 1 unspecified atom stereocenters. The second kappa shape index (κ2) is 6.08. The maximum Gasteiger partial charge on any atom is 0.333 e. The van der Waals surface area contributed by atoms with Crippen LogP contribution in [0, 0.1) is 5.82 Å². The molecule has 1 aliphatic rings. The van der Waals surface area contributed by atoms with Gasteiger partial charge in [0.05, 0.1) is 25.0 Å². The first-order valence-electron chi connectivity index (χ1n) is 7.10. The van der Waals surface area contributed by atoms with Crippen LogP contribution in [0.3, 0.4) is 0 Å². The number of hydrogen-bond donors (Lipinski definition) is 1. The highest BCUT2D eigenvalue weighted by atomic mass is 19.1. The Morgan fingerprint density at radius 3 is 2.70 bits per heavy atom. The molecule has 1 heterocycles. The summed E-state index contributed by atoms with van der Waals surface area (Å²) in [6, 6.07) is 12.0. The zero-order valence-electron chi connectivity index (χ0n) is 12.5. The molecule has 1 atom stereocenters. The van der Waals surface area contributed by atoms with Gasteiger partial charge in [-0.05, 0) is 23.8 Å². The minimum Gasteiger partial charge on any atom is -0.467 e. The van der Waals surface area contributed by atoms with Crippen molar-refractivity contribution in [1.29, 1.82) is 0 Å². The van der Waals surface area contributed by atoms with E-state index in [1.54, 1.807) is 24.3 Å². The standard InChI is InChI=1S/C17H15FN2O3/c1-23-17(22)16(11-5-3-2-4-6-11)20-14-8-7-12(18)9-13(14)19-10-15(20)21/h2-9,16,19H,10H2,1H3. The number of amides is 1. The quantitative estimate of drug-likeness (QED) is 0.884. The van der Waals surface area contributed by atoms with Gasteiger partial charge in [-0.25, -0.2) is 9.18 Å². The van der Waals surface area contributed by atoms with Gasteiger partial charge in [0.15, 0.2) is 6.04 Å². The Morgan fingerprint density at radius 2 is 2.00 bits per heavy atom. The number of halogens is 1. The van der Waals surface area contributed by atoms with Crippen LogP contribution in [0.1, 0.15) is 11.6 Å². The molecule has 0 saturated carbocycles.